The molecule has 0 bridgehead atoms. The molecule has 1 fully saturated rings. The Hall–Kier alpha value is -0.120. The molecule has 0 amide bonds. The summed E-state index contributed by atoms with van der Waals surface area (Å²) >= 11 is 0. The predicted octanol–water partition coefficient (Wildman–Crippen LogP) is 1.38. The van der Waals surface area contributed by atoms with Gasteiger partial charge in [0.1, 0.15) is 0 Å². The molecule has 90 valence electrons. The van der Waals surface area contributed by atoms with Crippen LogP contribution < -0.4 is 11.1 Å². The van der Waals surface area contributed by atoms with Crippen LogP contribution in [0.1, 0.15) is 33.1 Å². The Morgan fingerprint density at radius 3 is 2.60 bits per heavy atom. The van der Waals surface area contributed by atoms with Crippen LogP contribution in [0.5, 0.6) is 0 Å². The third-order valence-electron chi connectivity index (χ3n) is 3.46. The summed E-state index contributed by atoms with van der Waals surface area (Å²) in [6.07, 6.45) is 3.50. The number of hydrogen-bond donors (Lipinski definition) is 2. The van der Waals surface area contributed by atoms with E-state index < -0.39 is 0 Å². The lowest BCUT2D eigenvalue weighted by atomic mass is 9.74. The van der Waals surface area contributed by atoms with Gasteiger partial charge in [-0.05, 0) is 43.7 Å². The topological polar surface area (TPSA) is 47.3 Å². The van der Waals surface area contributed by atoms with Gasteiger partial charge in [-0.25, -0.2) is 0 Å². The molecule has 1 heterocycles. The highest BCUT2D eigenvalue weighted by Crippen LogP contribution is 2.33. The molecule has 0 aromatic carbocycles. The fourth-order valence-electron chi connectivity index (χ4n) is 2.26. The van der Waals surface area contributed by atoms with Crippen molar-refractivity contribution in [2.24, 2.45) is 17.1 Å². The zero-order chi connectivity index (χ0) is 11.1. The summed E-state index contributed by atoms with van der Waals surface area (Å²) in [7, 11) is 0. The summed E-state index contributed by atoms with van der Waals surface area (Å²) in [5.74, 6) is 0.802. The minimum absolute atomic E-state index is 0.387. The zero-order valence-electron chi connectivity index (χ0n) is 10.2. The highest BCUT2D eigenvalue weighted by atomic mass is 16.5. The first kappa shape index (κ1) is 12.9. The summed E-state index contributed by atoms with van der Waals surface area (Å²) in [5, 5.41) is 3.50. The van der Waals surface area contributed by atoms with E-state index in [0.29, 0.717) is 5.41 Å². The van der Waals surface area contributed by atoms with E-state index in [4.69, 9.17) is 10.5 Å². The molecular weight excluding hydrogens is 188 g/mol. The van der Waals surface area contributed by atoms with Gasteiger partial charge in [0, 0.05) is 19.8 Å². The number of rotatable bonds is 6. The summed E-state index contributed by atoms with van der Waals surface area (Å²) in [6.45, 7) is 9.52. The lowest BCUT2D eigenvalue weighted by molar-refractivity contribution is 0.0229. The average molecular weight is 214 g/mol. The Morgan fingerprint density at radius 1 is 1.33 bits per heavy atom. The minimum Gasteiger partial charge on any atom is -0.381 e. The molecule has 1 aliphatic rings. The number of nitrogens with one attached hydrogen (secondary N) is 1. The van der Waals surface area contributed by atoms with E-state index in [-0.39, 0.29) is 0 Å². The summed E-state index contributed by atoms with van der Waals surface area (Å²) in [5.41, 5.74) is 5.85. The maximum atomic E-state index is 5.46. The molecule has 0 saturated carbocycles. The van der Waals surface area contributed by atoms with Gasteiger partial charge in [0.2, 0.25) is 0 Å². The SMILES string of the molecule is CC(C)(CNCCCN)C1CCOCC1. The van der Waals surface area contributed by atoms with Crippen LogP contribution in [0.15, 0.2) is 0 Å². The van der Waals surface area contributed by atoms with E-state index in [1.54, 1.807) is 0 Å². The summed E-state index contributed by atoms with van der Waals surface area (Å²) < 4.78 is 5.40. The monoisotopic (exact) mass is 214 g/mol. The van der Waals surface area contributed by atoms with Gasteiger partial charge in [0.25, 0.3) is 0 Å². The van der Waals surface area contributed by atoms with Crippen molar-refractivity contribution in [3.05, 3.63) is 0 Å². The molecule has 0 radical (unpaired) electrons. The third kappa shape index (κ3) is 4.49. The number of ether oxygens (including phenoxy) is 1. The van der Waals surface area contributed by atoms with Crippen LogP contribution in [0.2, 0.25) is 0 Å². The van der Waals surface area contributed by atoms with Crippen molar-refractivity contribution in [2.75, 3.05) is 32.8 Å². The van der Waals surface area contributed by atoms with Crippen molar-refractivity contribution in [1.82, 2.24) is 5.32 Å². The second-order valence-corrected chi connectivity index (χ2v) is 5.19. The Morgan fingerprint density at radius 2 is 2.00 bits per heavy atom. The molecule has 1 saturated heterocycles. The average Bonchev–Trinajstić information content (AvgIpc) is 2.26. The minimum atomic E-state index is 0.387. The molecule has 15 heavy (non-hydrogen) atoms. The van der Waals surface area contributed by atoms with Gasteiger partial charge in [-0.15, -0.1) is 0 Å². The van der Waals surface area contributed by atoms with Gasteiger partial charge >= 0.3 is 0 Å². The highest BCUT2D eigenvalue weighted by Gasteiger charge is 2.30. The summed E-state index contributed by atoms with van der Waals surface area (Å²) in [4.78, 5) is 0. The Labute approximate surface area is 93.8 Å². The van der Waals surface area contributed by atoms with Crippen LogP contribution >= 0.6 is 0 Å². The summed E-state index contributed by atoms with van der Waals surface area (Å²) in [6, 6.07) is 0. The van der Waals surface area contributed by atoms with Crippen LogP contribution in [-0.4, -0.2) is 32.8 Å². The Bertz CT molecular complexity index is 165. The van der Waals surface area contributed by atoms with E-state index in [2.05, 4.69) is 19.2 Å². The fraction of sp³-hybridized carbons (Fsp3) is 1.00. The molecular formula is C12H26N2O. The van der Waals surface area contributed by atoms with E-state index in [1.165, 1.54) is 12.8 Å². The van der Waals surface area contributed by atoms with E-state index in [1.807, 2.05) is 0 Å². The second kappa shape index (κ2) is 6.46. The molecule has 1 aliphatic heterocycles. The van der Waals surface area contributed by atoms with Crippen molar-refractivity contribution in [3.63, 3.8) is 0 Å². The lowest BCUT2D eigenvalue weighted by Gasteiger charge is -2.37. The van der Waals surface area contributed by atoms with Crippen molar-refractivity contribution in [2.45, 2.75) is 33.1 Å². The van der Waals surface area contributed by atoms with Gasteiger partial charge < -0.3 is 15.8 Å². The highest BCUT2D eigenvalue weighted by molar-refractivity contribution is 4.82. The standard InChI is InChI=1S/C12H26N2O/c1-12(2,10-14-7-3-6-13)11-4-8-15-9-5-11/h11,14H,3-10,13H2,1-2H3. The van der Waals surface area contributed by atoms with Crippen LogP contribution in [0.25, 0.3) is 0 Å². The van der Waals surface area contributed by atoms with E-state index in [9.17, 15) is 0 Å². The molecule has 0 atom stereocenters. The van der Waals surface area contributed by atoms with Crippen LogP contribution in [0, 0.1) is 11.3 Å². The van der Waals surface area contributed by atoms with E-state index in [0.717, 1.165) is 45.2 Å². The van der Waals surface area contributed by atoms with Gasteiger partial charge in [-0.2, -0.15) is 0 Å². The molecule has 1 rings (SSSR count). The second-order valence-electron chi connectivity index (χ2n) is 5.19. The first-order chi connectivity index (χ1) is 7.17. The normalized spacial score (nSPS) is 19.4. The third-order valence-corrected chi connectivity index (χ3v) is 3.46. The predicted molar refractivity (Wildman–Crippen MR) is 63.9 cm³/mol. The van der Waals surface area contributed by atoms with Crippen LogP contribution in [0.4, 0.5) is 0 Å². The van der Waals surface area contributed by atoms with Crippen molar-refractivity contribution in [1.29, 1.82) is 0 Å². The molecule has 3 heteroatoms. The van der Waals surface area contributed by atoms with E-state index >= 15 is 0 Å². The van der Waals surface area contributed by atoms with Crippen molar-refractivity contribution >= 4 is 0 Å². The van der Waals surface area contributed by atoms with Crippen molar-refractivity contribution in [3.8, 4) is 0 Å². The van der Waals surface area contributed by atoms with Gasteiger partial charge in [0.15, 0.2) is 0 Å². The van der Waals surface area contributed by atoms with Gasteiger partial charge in [-0.3, -0.25) is 0 Å². The number of nitrogens with two attached hydrogens (primary N) is 1. The quantitative estimate of drug-likeness (QED) is 0.657. The molecule has 0 aromatic heterocycles. The van der Waals surface area contributed by atoms with Crippen LogP contribution in [-0.2, 0) is 4.74 Å². The smallest absolute Gasteiger partial charge is 0.0468 e. The molecule has 0 spiro atoms. The lowest BCUT2D eigenvalue weighted by Crippen LogP contribution is -2.39. The van der Waals surface area contributed by atoms with Crippen LogP contribution in [0.3, 0.4) is 0 Å². The molecule has 0 aromatic rings. The largest absolute Gasteiger partial charge is 0.381 e. The zero-order valence-corrected chi connectivity index (χ0v) is 10.2. The van der Waals surface area contributed by atoms with Gasteiger partial charge in [-0.1, -0.05) is 13.8 Å². The maximum Gasteiger partial charge on any atom is 0.0468 e. The molecule has 3 N–H and O–H groups in total. The first-order valence-corrected chi connectivity index (χ1v) is 6.15. The Kier molecular flexibility index (Phi) is 5.58. The number of hydrogen-bond acceptors (Lipinski definition) is 3. The molecule has 0 unspecified atom stereocenters. The molecule has 3 nitrogen and oxygen atoms in total. The Balaban J connectivity index is 2.23. The molecule has 0 aliphatic carbocycles. The fourth-order valence-corrected chi connectivity index (χ4v) is 2.26. The maximum absolute atomic E-state index is 5.46. The van der Waals surface area contributed by atoms with Gasteiger partial charge in [0.05, 0.1) is 0 Å². The van der Waals surface area contributed by atoms with Crippen molar-refractivity contribution < 1.29 is 4.74 Å². The first-order valence-electron chi connectivity index (χ1n) is 6.15.